The van der Waals surface area contributed by atoms with Crippen molar-refractivity contribution in [3.8, 4) is 6.07 Å². The van der Waals surface area contributed by atoms with E-state index >= 15 is 0 Å². The summed E-state index contributed by atoms with van der Waals surface area (Å²) in [4.78, 5) is 0. The summed E-state index contributed by atoms with van der Waals surface area (Å²) in [7, 11) is -3.43. The molecule has 6 heteroatoms. The number of sulfonamides is 1. The smallest absolute Gasteiger partial charge is 0.212 e. The number of hydrogen-bond donors (Lipinski definition) is 1. The van der Waals surface area contributed by atoms with Gasteiger partial charge in [-0.3, -0.25) is 0 Å². The van der Waals surface area contributed by atoms with Crippen molar-refractivity contribution in [1.82, 2.24) is 4.72 Å². The summed E-state index contributed by atoms with van der Waals surface area (Å²) in [5, 5.41) is 9.31. The summed E-state index contributed by atoms with van der Waals surface area (Å²) >= 11 is 5.77. The minimum atomic E-state index is -3.43. The van der Waals surface area contributed by atoms with E-state index in [-0.39, 0.29) is 12.3 Å². The first-order valence-corrected chi connectivity index (χ1v) is 8.22. The average molecular weight is 321 g/mol. The fraction of sp³-hybridized carbons (Fsp3) is 0.133. The second kappa shape index (κ2) is 6.72. The van der Waals surface area contributed by atoms with Crippen LogP contribution in [0.1, 0.15) is 16.7 Å². The van der Waals surface area contributed by atoms with E-state index in [0.717, 1.165) is 5.56 Å². The SMILES string of the molecule is N#Cc1ccc(CS(=O)(=O)NCc2ccc(Cl)cc2)cc1. The lowest BCUT2D eigenvalue weighted by Crippen LogP contribution is -2.24. The van der Waals surface area contributed by atoms with E-state index < -0.39 is 10.0 Å². The molecule has 0 heterocycles. The highest BCUT2D eigenvalue weighted by molar-refractivity contribution is 7.88. The fourth-order valence-corrected chi connectivity index (χ4v) is 2.99. The Bertz CT molecular complexity index is 748. The Kier molecular flexibility index (Phi) is 4.97. The summed E-state index contributed by atoms with van der Waals surface area (Å²) in [6.45, 7) is 0.218. The van der Waals surface area contributed by atoms with Crippen LogP contribution in [-0.2, 0) is 22.3 Å². The molecule has 2 aromatic carbocycles. The summed E-state index contributed by atoms with van der Waals surface area (Å²) in [6, 6.07) is 15.4. The molecule has 0 amide bonds. The summed E-state index contributed by atoms with van der Waals surface area (Å²) in [5.41, 5.74) is 1.98. The average Bonchev–Trinajstić information content (AvgIpc) is 2.47. The lowest BCUT2D eigenvalue weighted by atomic mass is 10.2. The molecular weight excluding hydrogens is 308 g/mol. The van der Waals surface area contributed by atoms with E-state index in [1.165, 1.54) is 0 Å². The third kappa shape index (κ3) is 4.87. The van der Waals surface area contributed by atoms with E-state index in [1.807, 2.05) is 6.07 Å². The monoisotopic (exact) mass is 320 g/mol. The van der Waals surface area contributed by atoms with Gasteiger partial charge in [0, 0.05) is 11.6 Å². The summed E-state index contributed by atoms with van der Waals surface area (Å²) in [6.07, 6.45) is 0. The van der Waals surface area contributed by atoms with E-state index in [0.29, 0.717) is 16.1 Å². The number of halogens is 1. The van der Waals surface area contributed by atoms with Crippen LogP contribution in [0.5, 0.6) is 0 Å². The molecule has 21 heavy (non-hydrogen) atoms. The fourth-order valence-electron chi connectivity index (χ4n) is 1.74. The molecule has 2 aromatic rings. The van der Waals surface area contributed by atoms with Gasteiger partial charge in [-0.05, 0) is 35.4 Å². The van der Waals surface area contributed by atoms with Crippen LogP contribution in [0, 0.1) is 11.3 Å². The van der Waals surface area contributed by atoms with Crippen molar-refractivity contribution in [1.29, 1.82) is 5.26 Å². The van der Waals surface area contributed by atoms with Crippen LogP contribution in [0.3, 0.4) is 0 Å². The van der Waals surface area contributed by atoms with Gasteiger partial charge in [-0.15, -0.1) is 0 Å². The molecule has 1 N–H and O–H groups in total. The first kappa shape index (κ1) is 15.5. The lowest BCUT2D eigenvalue weighted by Gasteiger charge is -2.07. The van der Waals surface area contributed by atoms with Gasteiger partial charge < -0.3 is 0 Å². The van der Waals surface area contributed by atoms with Gasteiger partial charge in [0.2, 0.25) is 10.0 Å². The van der Waals surface area contributed by atoms with Crippen molar-refractivity contribution < 1.29 is 8.42 Å². The van der Waals surface area contributed by atoms with Crippen molar-refractivity contribution in [3.63, 3.8) is 0 Å². The quantitative estimate of drug-likeness (QED) is 0.921. The molecule has 2 rings (SSSR count). The maximum atomic E-state index is 12.0. The van der Waals surface area contributed by atoms with Crippen LogP contribution in [0.15, 0.2) is 48.5 Å². The van der Waals surface area contributed by atoms with Gasteiger partial charge >= 0.3 is 0 Å². The maximum absolute atomic E-state index is 12.0. The Morgan fingerprint density at radius 1 is 1.00 bits per heavy atom. The van der Waals surface area contributed by atoms with Crippen molar-refractivity contribution >= 4 is 21.6 Å². The molecule has 0 unspecified atom stereocenters. The number of benzene rings is 2. The third-order valence-corrected chi connectivity index (χ3v) is 4.40. The first-order valence-electron chi connectivity index (χ1n) is 6.19. The predicted octanol–water partition coefficient (Wildman–Crippen LogP) is 2.83. The van der Waals surface area contributed by atoms with Crippen molar-refractivity contribution in [2.75, 3.05) is 0 Å². The predicted molar refractivity (Wildman–Crippen MR) is 82.1 cm³/mol. The normalized spacial score (nSPS) is 11.0. The van der Waals surface area contributed by atoms with Crippen LogP contribution in [-0.4, -0.2) is 8.42 Å². The largest absolute Gasteiger partial charge is 0.216 e. The molecule has 0 radical (unpaired) electrons. The molecule has 0 atom stereocenters. The molecule has 0 aliphatic rings. The van der Waals surface area contributed by atoms with Crippen molar-refractivity contribution in [2.24, 2.45) is 0 Å². The highest BCUT2D eigenvalue weighted by Crippen LogP contribution is 2.11. The van der Waals surface area contributed by atoms with Crippen LogP contribution in [0.25, 0.3) is 0 Å². The summed E-state index contributed by atoms with van der Waals surface area (Å²) in [5.74, 6) is -0.119. The van der Waals surface area contributed by atoms with E-state index in [4.69, 9.17) is 16.9 Å². The van der Waals surface area contributed by atoms with Gasteiger partial charge in [0.15, 0.2) is 0 Å². The zero-order valence-electron chi connectivity index (χ0n) is 11.1. The second-order valence-corrected chi connectivity index (χ2v) is 6.76. The van der Waals surface area contributed by atoms with Crippen molar-refractivity contribution in [2.45, 2.75) is 12.3 Å². The number of rotatable bonds is 5. The Morgan fingerprint density at radius 3 is 2.14 bits per heavy atom. The molecular formula is C15H13ClN2O2S. The lowest BCUT2D eigenvalue weighted by molar-refractivity contribution is 0.580. The zero-order valence-corrected chi connectivity index (χ0v) is 12.7. The Balaban J connectivity index is 1.98. The third-order valence-electron chi connectivity index (χ3n) is 2.85. The first-order chi connectivity index (χ1) is 9.98. The molecule has 0 aliphatic carbocycles. The Morgan fingerprint density at radius 2 is 1.57 bits per heavy atom. The van der Waals surface area contributed by atoms with E-state index in [1.54, 1.807) is 48.5 Å². The number of nitrogens with zero attached hydrogens (tertiary/aromatic N) is 1. The molecule has 0 saturated carbocycles. The molecule has 0 aliphatic heterocycles. The van der Waals surface area contributed by atoms with E-state index in [2.05, 4.69) is 4.72 Å². The molecule has 0 saturated heterocycles. The van der Waals surface area contributed by atoms with Gasteiger partial charge in [-0.2, -0.15) is 5.26 Å². The van der Waals surface area contributed by atoms with Crippen LogP contribution < -0.4 is 4.72 Å². The number of nitriles is 1. The molecule has 4 nitrogen and oxygen atoms in total. The van der Waals surface area contributed by atoms with Crippen molar-refractivity contribution in [3.05, 3.63) is 70.2 Å². The minimum Gasteiger partial charge on any atom is -0.212 e. The highest BCUT2D eigenvalue weighted by atomic mass is 35.5. The molecule has 108 valence electrons. The van der Waals surface area contributed by atoms with Crippen LogP contribution >= 0.6 is 11.6 Å². The molecule has 0 fully saturated rings. The van der Waals surface area contributed by atoms with Gasteiger partial charge in [-0.25, -0.2) is 13.1 Å². The van der Waals surface area contributed by atoms with Gasteiger partial charge in [-0.1, -0.05) is 35.9 Å². The second-order valence-electron chi connectivity index (χ2n) is 4.52. The van der Waals surface area contributed by atoms with E-state index in [9.17, 15) is 8.42 Å². The Hall–Kier alpha value is -1.87. The van der Waals surface area contributed by atoms with Gasteiger partial charge in [0.25, 0.3) is 0 Å². The molecule has 0 spiro atoms. The molecule has 0 bridgehead atoms. The summed E-state index contributed by atoms with van der Waals surface area (Å²) < 4.78 is 26.5. The standard InChI is InChI=1S/C15H13ClN2O2S/c16-15-7-5-13(6-8-15)10-18-21(19,20)11-14-3-1-12(9-17)2-4-14/h1-8,18H,10-11H2. The van der Waals surface area contributed by atoms with Gasteiger partial charge in [0.1, 0.15) is 0 Å². The number of hydrogen-bond acceptors (Lipinski definition) is 3. The van der Waals surface area contributed by atoms with Gasteiger partial charge in [0.05, 0.1) is 17.4 Å². The maximum Gasteiger partial charge on any atom is 0.216 e. The minimum absolute atomic E-state index is 0.119. The Labute approximate surface area is 129 Å². The zero-order chi connectivity index (χ0) is 15.3. The highest BCUT2D eigenvalue weighted by Gasteiger charge is 2.11. The van der Waals surface area contributed by atoms with Crippen LogP contribution in [0.2, 0.25) is 5.02 Å². The molecule has 0 aromatic heterocycles. The van der Waals surface area contributed by atoms with Crippen LogP contribution in [0.4, 0.5) is 0 Å². The number of nitrogens with one attached hydrogen (secondary N) is 1. The topological polar surface area (TPSA) is 70.0 Å².